The molecule has 1 aliphatic rings. The van der Waals surface area contributed by atoms with Crippen molar-refractivity contribution in [2.24, 2.45) is 0 Å². The molecule has 1 fully saturated rings. The Bertz CT molecular complexity index is 615. The molecule has 100 valence electrons. The lowest BCUT2D eigenvalue weighted by Gasteiger charge is -2.08. The maximum absolute atomic E-state index is 12.8. The molecule has 0 spiro atoms. The molecule has 1 aromatic carbocycles. The molecule has 3 rings (SSSR count). The van der Waals surface area contributed by atoms with Crippen molar-refractivity contribution < 1.29 is 13.2 Å². The lowest BCUT2D eigenvalue weighted by Crippen LogP contribution is -2.05. The zero-order valence-electron chi connectivity index (χ0n) is 9.76. The van der Waals surface area contributed by atoms with Crippen LogP contribution < -0.4 is 0 Å². The molecule has 2 nitrogen and oxygen atoms in total. The third kappa shape index (κ3) is 2.68. The van der Waals surface area contributed by atoms with E-state index in [2.05, 4.69) is 25.9 Å². The number of nitrogens with one attached hydrogen (secondary N) is 1. The lowest BCUT2D eigenvalue weighted by molar-refractivity contribution is -0.137. The molecule has 0 radical (unpaired) electrons. The first-order valence-corrected chi connectivity index (χ1v) is 6.66. The van der Waals surface area contributed by atoms with Crippen molar-refractivity contribution in [3.05, 3.63) is 40.1 Å². The summed E-state index contributed by atoms with van der Waals surface area (Å²) in [4.78, 5) is 7.27. The summed E-state index contributed by atoms with van der Waals surface area (Å²) in [7, 11) is 0. The van der Waals surface area contributed by atoms with E-state index in [0.29, 0.717) is 21.8 Å². The standard InChI is InChI=1S/C13H10BrF3N2/c14-10-4-8(3-9(5-10)13(15,16)17)12-18-6-11(19-12)7-1-2-7/h3-7H,1-2H2,(H,18,19). The first kappa shape index (κ1) is 12.7. The van der Waals surface area contributed by atoms with Gasteiger partial charge in [-0.25, -0.2) is 4.98 Å². The van der Waals surface area contributed by atoms with Gasteiger partial charge in [-0.3, -0.25) is 0 Å². The van der Waals surface area contributed by atoms with Gasteiger partial charge in [0.15, 0.2) is 0 Å². The molecule has 0 bridgehead atoms. The van der Waals surface area contributed by atoms with Crippen LogP contribution in [0.4, 0.5) is 13.2 Å². The van der Waals surface area contributed by atoms with Crippen molar-refractivity contribution in [3.8, 4) is 11.4 Å². The molecule has 19 heavy (non-hydrogen) atoms. The van der Waals surface area contributed by atoms with Gasteiger partial charge in [0.25, 0.3) is 0 Å². The van der Waals surface area contributed by atoms with Crippen LogP contribution in [-0.4, -0.2) is 9.97 Å². The summed E-state index contributed by atoms with van der Waals surface area (Å²) in [6.45, 7) is 0. The summed E-state index contributed by atoms with van der Waals surface area (Å²) in [5.74, 6) is 0.976. The maximum Gasteiger partial charge on any atom is 0.416 e. The van der Waals surface area contributed by atoms with Crippen molar-refractivity contribution in [2.45, 2.75) is 24.9 Å². The fraction of sp³-hybridized carbons (Fsp3) is 0.308. The summed E-state index contributed by atoms with van der Waals surface area (Å²) < 4.78 is 38.7. The van der Waals surface area contributed by atoms with E-state index >= 15 is 0 Å². The molecular formula is C13H10BrF3N2. The zero-order valence-corrected chi connectivity index (χ0v) is 11.3. The van der Waals surface area contributed by atoms with Gasteiger partial charge in [-0.15, -0.1) is 0 Å². The van der Waals surface area contributed by atoms with E-state index in [1.165, 1.54) is 0 Å². The second-order valence-electron chi connectivity index (χ2n) is 4.69. The highest BCUT2D eigenvalue weighted by molar-refractivity contribution is 9.10. The molecule has 0 atom stereocenters. The van der Waals surface area contributed by atoms with Gasteiger partial charge in [-0.1, -0.05) is 15.9 Å². The molecule has 1 heterocycles. The second-order valence-corrected chi connectivity index (χ2v) is 5.60. The highest BCUT2D eigenvalue weighted by Gasteiger charge is 2.31. The normalized spacial score (nSPS) is 15.8. The van der Waals surface area contributed by atoms with Crippen LogP contribution in [0.5, 0.6) is 0 Å². The number of halogens is 4. The number of hydrogen-bond acceptors (Lipinski definition) is 1. The fourth-order valence-electron chi connectivity index (χ4n) is 1.97. The SMILES string of the molecule is FC(F)(F)c1cc(Br)cc(-c2ncc(C3CC3)[nH]2)c1. The minimum absolute atomic E-state index is 0.390. The summed E-state index contributed by atoms with van der Waals surface area (Å²) in [6.07, 6.45) is -0.409. The third-order valence-electron chi connectivity index (χ3n) is 3.11. The van der Waals surface area contributed by atoms with Crippen molar-refractivity contribution >= 4 is 15.9 Å². The third-order valence-corrected chi connectivity index (χ3v) is 3.57. The predicted molar refractivity (Wildman–Crippen MR) is 68.7 cm³/mol. The summed E-state index contributed by atoms with van der Waals surface area (Å²) in [5.41, 5.74) is 0.762. The van der Waals surface area contributed by atoms with Crippen LogP contribution in [0.15, 0.2) is 28.9 Å². The molecule has 0 aliphatic heterocycles. The van der Waals surface area contributed by atoms with E-state index in [-0.39, 0.29) is 0 Å². The number of aromatic nitrogens is 2. The van der Waals surface area contributed by atoms with E-state index in [1.807, 2.05) is 0 Å². The van der Waals surface area contributed by atoms with E-state index in [0.717, 1.165) is 30.7 Å². The van der Waals surface area contributed by atoms with E-state index in [9.17, 15) is 13.2 Å². The highest BCUT2D eigenvalue weighted by atomic mass is 79.9. The average Bonchev–Trinajstić information content (AvgIpc) is 3.05. The maximum atomic E-state index is 12.8. The average molecular weight is 331 g/mol. The summed E-state index contributed by atoms with van der Waals surface area (Å²) in [6, 6.07) is 3.80. The number of imidazole rings is 1. The van der Waals surface area contributed by atoms with E-state index < -0.39 is 11.7 Å². The van der Waals surface area contributed by atoms with Crippen LogP contribution in [0.1, 0.15) is 30.0 Å². The minimum Gasteiger partial charge on any atom is -0.342 e. The smallest absolute Gasteiger partial charge is 0.342 e. The topological polar surface area (TPSA) is 28.7 Å². The molecule has 6 heteroatoms. The molecule has 1 saturated carbocycles. The number of H-pyrrole nitrogens is 1. The molecule has 1 aromatic heterocycles. The molecule has 1 N–H and O–H groups in total. The van der Waals surface area contributed by atoms with Crippen LogP contribution in [-0.2, 0) is 6.18 Å². The van der Waals surface area contributed by atoms with E-state index in [1.54, 1.807) is 12.3 Å². The van der Waals surface area contributed by atoms with Crippen molar-refractivity contribution in [3.63, 3.8) is 0 Å². The van der Waals surface area contributed by atoms with E-state index in [4.69, 9.17) is 0 Å². The van der Waals surface area contributed by atoms with Crippen molar-refractivity contribution in [2.75, 3.05) is 0 Å². The van der Waals surface area contributed by atoms with Crippen LogP contribution in [0.2, 0.25) is 0 Å². The Morgan fingerprint density at radius 3 is 2.58 bits per heavy atom. The highest BCUT2D eigenvalue weighted by Crippen LogP contribution is 2.40. The number of benzene rings is 1. The van der Waals surface area contributed by atoms with Gasteiger partial charge < -0.3 is 4.98 Å². The Morgan fingerprint density at radius 2 is 1.95 bits per heavy atom. The molecule has 0 amide bonds. The Balaban J connectivity index is 2.01. The molecule has 1 aliphatic carbocycles. The largest absolute Gasteiger partial charge is 0.416 e. The van der Waals surface area contributed by atoms with Gasteiger partial charge in [0, 0.05) is 27.8 Å². The second kappa shape index (κ2) is 4.37. The fourth-order valence-corrected chi connectivity index (χ4v) is 2.47. The van der Waals surface area contributed by atoms with Gasteiger partial charge >= 0.3 is 6.18 Å². The Morgan fingerprint density at radius 1 is 1.21 bits per heavy atom. The number of alkyl halides is 3. The van der Waals surface area contributed by atoms with Gasteiger partial charge in [0.1, 0.15) is 5.82 Å². The number of aromatic amines is 1. The van der Waals surface area contributed by atoms with Crippen LogP contribution in [0.25, 0.3) is 11.4 Å². The molecule has 2 aromatic rings. The predicted octanol–water partition coefficient (Wildman–Crippen LogP) is 4.74. The molecular weight excluding hydrogens is 321 g/mol. The quantitative estimate of drug-likeness (QED) is 0.846. The van der Waals surface area contributed by atoms with Gasteiger partial charge in [-0.05, 0) is 31.0 Å². The Labute approximate surface area is 116 Å². The number of nitrogens with zero attached hydrogens (tertiary/aromatic N) is 1. The summed E-state index contributed by atoms with van der Waals surface area (Å²) in [5, 5.41) is 0. The lowest BCUT2D eigenvalue weighted by atomic mass is 10.1. The molecule has 0 saturated heterocycles. The van der Waals surface area contributed by atoms with Crippen LogP contribution >= 0.6 is 15.9 Å². The minimum atomic E-state index is -4.36. The Kier molecular flexibility index (Phi) is 2.92. The van der Waals surface area contributed by atoms with Gasteiger partial charge in [0.2, 0.25) is 0 Å². The Hall–Kier alpha value is -1.30. The first-order chi connectivity index (χ1) is 8.93. The van der Waals surface area contributed by atoms with Gasteiger partial charge in [-0.2, -0.15) is 13.2 Å². The van der Waals surface area contributed by atoms with Crippen molar-refractivity contribution in [1.82, 2.24) is 9.97 Å². The van der Waals surface area contributed by atoms with Gasteiger partial charge in [0.05, 0.1) is 5.56 Å². The van der Waals surface area contributed by atoms with Crippen LogP contribution in [0, 0.1) is 0 Å². The van der Waals surface area contributed by atoms with Crippen molar-refractivity contribution in [1.29, 1.82) is 0 Å². The monoisotopic (exact) mass is 330 g/mol. The number of hydrogen-bond donors (Lipinski definition) is 1. The zero-order chi connectivity index (χ0) is 13.6. The molecule has 0 unspecified atom stereocenters. The first-order valence-electron chi connectivity index (χ1n) is 5.86. The number of rotatable bonds is 2. The summed E-state index contributed by atoms with van der Waals surface area (Å²) >= 11 is 3.11. The van der Waals surface area contributed by atoms with Crippen LogP contribution in [0.3, 0.4) is 0 Å².